The molecule has 2 nitrogen and oxygen atoms in total. The van der Waals surface area contributed by atoms with Gasteiger partial charge in [-0.3, -0.25) is 0 Å². The number of rotatable bonds is 1. The molecule has 0 atom stereocenters. The van der Waals surface area contributed by atoms with E-state index in [9.17, 15) is 0 Å². The number of nitrogens with zero attached hydrogens (tertiary/aromatic N) is 2. The van der Waals surface area contributed by atoms with E-state index in [1.165, 1.54) is 16.8 Å². The van der Waals surface area contributed by atoms with Gasteiger partial charge in [-0.05, 0) is 11.6 Å². The van der Waals surface area contributed by atoms with Crippen molar-refractivity contribution in [2.75, 3.05) is 0 Å². The summed E-state index contributed by atoms with van der Waals surface area (Å²) < 4.78 is 4.18. The Morgan fingerprint density at radius 3 is 2.06 bits per heavy atom. The molecule has 0 N–H and O–H groups in total. The zero-order valence-electron chi connectivity index (χ0n) is 10.2. The second kappa shape index (κ2) is 7.25. The highest BCUT2D eigenvalue weighted by Gasteiger charge is 2.09. The Morgan fingerprint density at radius 2 is 1.47 bits per heavy atom. The summed E-state index contributed by atoms with van der Waals surface area (Å²) in [5.74, 6) is 0. The maximum Gasteiger partial charge on any atom is 0.185 e. The molecule has 0 aliphatic carbocycles. The highest BCUT2D eigenvalue weighted by atomic mass is 127. The van der Waals surface area contributed by atoms with E-state index in [0.29, 0.717) is 0 Å². The molecule has 2 aromatic rings. The molecular formula is C13H16I2N2. The Hall–Kier alpha value is -0.240. The smallest absolute Gasteiger partial charge is 0.185 e. The van der Waals surface area contributed by atoms with Gasteiger partial charge in [0.05, 0.1) is 0 Å². The molecular weight excluding hydrogens is 438 g/mol. The van der Waals surface area contributed by atoms with E-state index >= 15 is 0 Å². The van der Waals surface area contributed by atoms with Gasteiger partial charge in [0.15, 0.2) is 24.3 Å². The van der Waals surface area contributed by atoms with E-state index in [1.807, 2.05) is 11.6 Å². The monoisotopic (exact) mass is 454 g/mol. The van der Waals surface area contributed by atoms with Gasteiger partial charge in [0.25, 0.3) is 0 Å². The number of hydrogen-bond acceptors (Lipinski definition) is 0. The molecule has 0 aliphatic heterocycles. The zero-order valence-corrected chi connectivity index (χ0v) is 14.5. The molecule has 0 bridgehead atoms. The highest BCUT2D eigenvalue weighted by molar-refractivity contribution is 5.63. The van der Waals surface area contributed by atoms with Gasteiger partial charge in [0, 0.05) is 30.7 Å². The van der Waals surface area contributed by atoms with Gasteiger partial charge in [0.2, 0.25) is 0 Å². The van der Waals surface area contributed by atoms with Crippen LogP contribution >= 0.6 is 0 Å². The number of hydrogen-bond donors (Lipinski definition) is 0. The fourth-order valence-electron chi connectivity index (χ4n) is 1.68. The maximum absolute atomic E-state index is 2.16. The van der Waals surface area contributed by atoms with Crippen LogP contribution in [0.4, 0.5) is 0 Å². The predicted octanol–water partition coefficient (Wildman–Crippen LogP) is -4.68. The van der Waals surface area contributed by atoms with Crippen molar-refractivity contribution in [1.29, 1.82) is 0 Å². The number of aromatic nitrogens is 2. The van der Waals surface area contributed by atoms with E-state index in [0.717, 1.165) is 0 Å². The molecule has 2 rings (SSSR count). The summed E-state index contributed by atoms with van der Waals surface area (Å²) in [6, 6.07) is 8.52. The lowest BCUT2D eigenvalue weighted by Crippen LogP contribution is -3.00. The van der Waals surface area contributed by atoms with Crippen LogP contribution in [0.2, 0.25) is 0 Å². The summed E-state index contributed by atoms with van der Waals surface area (Å²) in [5.41, 5.74) is 3.84. The average molecular weight is 454 g/mol. The van der Waals surface area contributed by atoms with Crippen molar-refractivity contribution < 1.29 is 57.1 Å². The Kier molecular flexibility index (Phi) is 7.15. The molecule has 17 heavy (non-hydrogen) atoms. The van der Waals surface area contributed by atoms with Gasteiger partial charge in [0.1, 0.15) is 14.1 Å². The molecule has 0 amide bonds. The minimum Gasteiger partial charge on any atom is -1.00 e. The van der Waals surface area contributed by atoms with Gasteiger partial charge >= 0.3 is 0 Å². The van der Waals surface area contributed by atoms with E-state index in [-0.39, 0.29) is 48.0 Å². The van der Waals surface area contributed by atoms with Crippen LogP contribution in [0.3, 0.4) is 0 Å². The highest BCUT2D eigenvalue weighted by Crippen LogP contribution is 2.18. The van der Waals surface area contributed by atoms with Crippen LogP contribution in [-0.4, -0.2) is 0 Å². The Balaban J connectivity index is 0.00000128. The summed E-state index contributed by atoms with van der Waals surface area (Å²) in [5, 5.41) is 0. The summed E-state index contributed by atoms with van der Waals surface area (Å²) >= 11 is 0. The lowest BCUT2D eigenvalue weighted by Gasteiger charge is -2.02. The van der Waals surface area contributed by atoms with Crippen LogP contribution in [0.5, 0.6) is 0 Å². The molecule has 2 heterocycles. The molecule has 0 aliphatic rings. The third-order valence-electron chi connectivity index (χ3n) is 2.78. The van der Waals surface area contributed by atoms with Crippen molar-refractivity contribution in [2.45, 2.75) is 6.92 Å². The number of halogens is 2. The molecule has 0 fully saturated rings. The Morgan fingerprint density at radius 1 is 0.882 bits per heavy atom. The number of aryl methyl sites for hydroxylation is 2. The second-order valence-electron chi connectivity index (χ2n) is 3.87. The van der Waals surface area contributed by atoms with Crippen molar-refractivity contribution in [3.05, 3.63) is 48.5 Å². The van der Waals surface area contributed by atoms with E-state index in [4.69, 9.17) is 0 Å². The van der Waals surface area contributed by atoms with E-state index in [1.54, 1.807) is 0 Å². The van der Waals surface area contributed by atoms with Crippen molar-refractivity contribution in [2.24, 2.45) is 14.1 Å². The van der Waals surface area contributed by atoms with Crippen molar-refractivity contribution in [1.82, 2.24) is 0 Å². The topological polar surface area (TPSA) is 7.76 Å². The van der Waals surface area contributed by atoms with Crippen molar-refractivity contribution in [3.8, 4) is 11.1 Å². The molecule has 2 aromatic heterocycles. The molecule has 92 valence electrons. The largest absolute Gasteiger partial charge is 1.00 e. The first-order chi connectivity index (χ1) is 7.18. The molecule has 0 spiro atoms. The third-order valence-corrected chi connectivity index (χ3v) is 2.78. The minimum absolute atomic E-state index is 0. The van der Waals surface area contributed by atoms with Crippen LogP contribution in [0.25, 0.3) is 11.1 Å². The fraction of sp³-hybridized carbons (Fsp3) is 0.231. The summed E-state index contributed by atoms with van der Waals surface area (Å²) in [6.07, 6.45) is 6.21. The van der Waals surface area contributed by atoms with Gasteiger partial charge in [-0.1, -0.05) is 0 Å². The lowest BCUT2D eigenvalue weighted by molar-refractivity contribution is -0.677. The molecule has 4 heteroatoms. The van der Waals surface area contributed by atoms with Gasteiger partial charge < -0.3 is 48.0 Å². The predicted molar refractivity (Wildman–Crippen MR) is 59.0 cm³/mol. The fourth-order valence-corrected chi connectivity index (χ4v) is 1.68. The van der Waals surface area contributed by atoms with Crippen LogP contribution in [0, 0.1) is 6.92 Å². The van der Waals surface area contributed by atoms with Crippen molar-refractivity contribution >= 4 is 0 Å². The molecule has 0 aromatic carbocycles. The number of pyridine rings is 2. The van der Waals surface area contributed by atoms with E-state index < -0.39 is 0 Å². The first-order valence-corrected chi connectivity index (χ1v) is 5.09. The SMILES string of the molecule is Cc1c(-c2cc[n+](C)cc2)ccc[n+]1C.[I-].[I-]. The van der Waals surface area contributed by atoms with Gasteiger partial charge in [-0.2, -0.15) is 0 Å². The second-order valence-corrected chi connectivity index (χ2v) is 3.87. The minimum atomic E-state index is 0. The van der Waals surface area contributed by atoms with Gasteiger partial charge in [-0.15, -0.1) is 0 Å². The molecule has 0 saturated carbocycles. The summed E-state index contributed by atoms with van der Waals surface area (Å²) in [4.78, 5) is 0. The zero-order chi connectivity index (χ0) is 10.8. The van der Waals surface area contributed by atoms with E-state index in [2.05, 4.69) is 61.4 Å². The lowest BCUT2D eigenvalue weighted by atomic mass is 10.1. The first kappa shape index (κ1) is 16.8. The third kappa shape index (κ3) is 3.87. The maximum atomic E-state index is 2.16. The molecule has 0 saturated heterocycles. The standard InChI is InChI=1S/C13H16N2.2HI/c1-11-13(5-4-8-15(11)3)12-6-9-14(2)10-7-12;;/h4-10H,1-3H3;2*1H/q+2;;/p-2. The Labute approximate surface area is 137 Å². The first-order valence-electron chi connectivity index (χ1n) is 5.09. The van der Waals surface area contributed by atoms with Crippen LogP contribution in [0.15, 0.2) is 42.9 Å². The summed E-state index contributed by atoms with van der Waals surface area (Å²) in [6.45, 7) is 2.14. The normalized spacial score (nSPS) is 9.12. The van der Waals surface area contributed by atoms with Gasteiger partial charge in [-0.25, -0.2) is 9.13 Å². The van der Waals surface area contributed by atoms with Crippen LogP contribution in [0.1, 0.15) is 5.69 Å². The Bertz CT molecular complexity index is 481. The summed E-state index contributed by atoms with van der Waals surface area (Å²) in [7, 11) is 4.10. The van der Waals surface area contributed by atoms with Crippen molar-refractivity contribution in [3.63, 3.8) is 0 Å². The average Bonchev–Trinajstić information content (AvgIpc) is 2.24. The molecule has 0 radical (unpaired) electrons. The molecule has 0 unspecified atom stereocenters. The quantitative estimate of drug-likeness (QED) is 0.303. The van der Waals surface area contributed by atoms with Crippen LogP contribution < -0.4 is 57.1 Å². The van der Waals surface area contributed by atoms with Crippen LogP contribution in [-0.2, 0) is 14.1 Å².